The third-order valence-electron chi connectivity index (χ3n) is 2.75. The van der Waals surface area contributed by atoms with E-state index in [1.165, 1.54) is 6.08 Å². The van der Waals surface area contributed by atoms with Crippen LogP contribution in [0.15, 0.2) is 12.7 Å². The van der Waals surface area contributed by atoms with Crippen LogP contribution in [0, 0.1) is 0 Å². The number of hydrogen-bond acceptors (Lipinski definition) is 3. The van der Waals surface area contributed by atoms with Crippen molar-refractivity contribution in [2.75, 3.05) is 0 Å². The molecule has 0 aliphatic heterocycles. The Morgan fingerprint density at radius 2 is 2.00 bits per heavy atom. The van der Waals surface area contributed by atoms with E-state index in [-0.39, 0.29) is 6.10 Å². The summed E-state index contributed by atoms with van der Waals surface area (Å²) < 4.78 is 5.21. The second kappa shape index (κ2) is 5.81. The molecule has 3 nitrogen and oxygen atoms in total. The Morgan fingerprint density at radius 1 is 1.50 bits per heavy atom. The topological polar surface area (TPSA) is 52.3 Å². The Hall–Kier alpha value is -0.830. The normalized spacial score (nSPS) is 13.4. The highest BCUT2D eigenvalue weighted by Crippen LogP contribution is 2.22. The van der Waals surface area contributed by atoms with Crippen molar-refractivity contribution < 1.29 is 9.53 Å². The predicted molar refractivity (Wildman–Crippen MR) is 57.9 cm³/mol. The van der Waals surface area contributed by atoms with Crippen LogP contribution < -0.4 is 5.73 Å². The van der Waals surface area contributed by atoms with Gasteiger partial charge in [0, 0.05) is 6.08 Å². The van der Waals surface area contributed by atoms with Crippen LogP contribution in [-0.2, 0) is 9.53 Å². The Bertz CT molecular complexity index is 197. The summed E-state index contributed by atoms with van der Waals surface area (Å²) in [5, 5.41) is 0. The molecular formula is C11H21NO2. The van der Waals surface area contributed by atoms with Crippen molar-refractivity contribution in [3.63, 3.8) is 0 Å². The molecule has 0 aromatic rings. The van der Waals surface area contributed by atoms with Crippen LogP contribution in [0.5, 0.6) is 0 Å². The molecule has 1 unspecified atom stereocenters. The highest BCUT2D eigenvalue weighted by atomic mass is 16.5. The van der Waals surface area contributed by atoms with Gasteiger partial charge in [0.25, 0.3) is 0 Å². The minimum Gasteiger partial charge on any atom is -0.457 e. The van der Waals surface area contributed by atoms with Gasteiger partial charge in [-0.05, 0) is 19.3 Å². The first-order valence-corrected chi connectivity index (χ1v) is 5.15. The average Bonchev–Trinajstić information content (AvgIpc) is 2.24. The molecule has 0 saturated heterocycles. The molecule has 14 heavy (non-hydrogen) atoms. The molecule has 0 aromatic heterocycles. The number of hydrogen-bond donors (Lipinski definition) is 1. The first kappa shape index (κ1) is 13.2. The van der Waals surface area contributed by atoms with E-state index in [0.29, 0.717) is 0 Å². The Labute approximate surface area is 86.3 Å². The molecule has 0 fully saturated rings. The van der Waals surface area contributed by atoms with Gasteiger partial charge in [0.15, 0.2) is 0 Å². The van der Waals surface area contributed by atoms with Crippen molar-refractivity contribution in [3.05, 3.63) is 12.7 Å². The zero-order chi connectivity index (χ0) is 11.2. The summed E-state index contributed by atoms with van der Waals surface area (Å²) >= 11 is 0. The van der Waals surface area contributed by atoms with E-state index in [2.05, 4.69) is 6.58 Å². The average molecular weight is 199 g/mol. The van der Waals surface area contributed by atoms with E-state index < -0.39 is 11.5 Å². The van der Waals surface area contributed by atoms with Gasteiger partial charge in [-0.1, -0.05) is 27.4 Å². The van der Waals surface area contributed by atoms with Gasteiger partial charge < -0.3 is 10.5 Å². The molecule has 0 saturated carbocycles. The standard InChI is InChI=1S/C11H21NO2/c1-5-9(14-10(13)6-2)11(12,7-3)8-4/h6,9H,2,5,7-8,12H2,1,3-4H3. The van der Waals surface area contributed by atoms with Crippen LogP contribution in [0.1, 0.15) is 40.0 Å². The van der Waals surface area contributed by atoms with Crippen LogP contribution in [0.3, 0.4) is 0 Å². The number of rotatable bonds is 6. The van der Waals surface area contributed by atoms with E-state index in [1.54, 1.807) is 0 Å². The summed E-state index contributed by atoms with van der Waals surface area (Å²) in [5.74, 6) is -0.395. The highest BCUT2D eigenvalue weighted by molar-refractivity contribution is 5.81. The minimum atomic E-state index is -0.409. The molecule has 0 rings (SSSR count). The number of nitrogens with two attached hydrogens (primary N) is 1. The molecule has 0 bridgehead atoms. The van der Waals surface area contributed by atoms with Gasteiger partial charge in [0.05, 0.1) is 5.54 Å². The lowest BCUT2D eigenvalue weighted by Crippen LogP contribution is -2.51. The third-order valence-corrected chi connectivity index (χ3v) is 2.75. The lowest BCUT2D eigenvalue weighted by Gasteiger charge is -2.34. The van der Waals surface area contributed by atoms with Crippen molar-refractivity contribution in [1.82, 2.24) is 0 Å². The van der Waals surface area contributed by atoms with E-state index in [4.69, 9.17) is 10.5 Å². The van der Waals surface area contributed by atoms with Crippen molar-refractivity contribution in [1.29, 1.82) is 0 Å². The number of carbonyl (C=O) groups excluding carboxylic acids is 1. The van der Waals surface area contributed by atoms with Gasteiger partial charge >= 0.3 is 5.97 Å². The third kappa shape index (κ3) is 3.14. The molecule has 0 radical (unpaired) electrons. The predicted octanol–water partition coefficient (Wildman–Crippen LogP) is 2.01. The summed E-state index contributed by atoms with van der Waals surface area (Å²) in [7, 11) is 0. The summed E-state index contributed by atoms with van der Waals surface area (Å²) in [6.07, 6.45) is 3.29. The van der Waals surface area contributed by atoms with Gasteiger partial charge in [-0.25, -0.2) is 4.79 Å². The lowest BCUT2D eigenvalue weighted by atomic mass is 9.86. The van der Waals surface area contributed by atoms with E-state index in [0.717, 1.165) is 19.3 Å². The van der Waals surface area contributed by atoms with Gasteiger partial charge in [0.1, 0.15) is 6.10 Å². The SMILES string of the molecule is C=CC(=O)OC(CC)C(N)(CC)CC. The highest BCUT2D eigenvalue weighted by Gasteiger charge is 2.32. The Kier molecular flexibility index (Phi) is 5.46. The molecule has 0 aliphatic rings. The quantitative estimate of drug-likeness (QED) is 0.526. The maximum atomic E-state index is 11.1. The lowest BCUT2D eigenvalue weighted by molar-refractivity contribution is -0.147. The molecule has 0 spiro atoms. The van der Waals surface area contributed by atoms with E-state index in [9.17, 15) is 4.79 Å². The maximum absolute atomic E-state index is 11.1. The second-order valence-electron chi connectivity index (χ2n) is 3.48. The molecular weight excluding hydrogens is 178 g/mol. The first-order valence-electron chi connectivity index (χ1n) is 5.15. The van der Waals surface area contributed by atoms with Crippen molar-refractivity contribution >= 4 is 5.97 Å². The molecule has 1 atom stereocenters. The van der Waals surface area contributed by atoms with Crippen molar-refractivity contribution in [2.45, 2.75) is 51.7 Å². The monoisotopic (exact) mass is 199 g/mol. The van der Waals surface area contributed by atoms with Crippen molar-refractivity contribution in [2.24, 2.45) is 5.73 Å². The molecule has 82 valence electrons. The van der Waals surface area contributed by atoms with Gasteiger partial charge in [0.2, 0.25) is 0 Å². The fourth-order valence-corrected chi connectivity index (χ4v) is 1.50. The second-order valence-corrected chi connectivity index (χ2v) is 3.48. The summed E-state index contributed by atoms with van der Waals surface area (Å²) in [5.41, 5.74) is 5.73. The summed E-state index contributed by atoms with van der Waals surface area (Å²) in [6.45, 7) is 9.35. The first-order chi connectivity index (χ1) is 6.53. The maximum Gasteiger partial charge on any atom is 0.330 e. The van der Waals surface area contributed by atoms with Crippen LogP contribution >= 0.6 is 0 Å². The smallest absolute Gasteiger partial charge is 0.330 e. The molecule has 0 aromatic carbocycles. The number of esters is 1. The van der Waals surface area contributed by atoms with Crippen LogP contribution in [0.25, 0.3) is 0 Å². The van der Waals surface area contributed by atoms with Gasteiger partial charge in [-0.2, -0.15) is 0 Å². The molecule has 3 heteroatoms. The summed E-state index contributed by atoms with van der Waals surface area (Å²) in [6, 6.07) is 0. The van der Waals surface area contributed by atoms with Gasteiger partial charge in [-0.3, -0.25) is 0 Å². The van der Waals surface area contributed by atoms with E-state index in [1.807, 2.05) is 20.8 Å². The largest absolute Gasteiger partial charge is 0.457 e. The fourth-order valence-electron chi connectivity index (χ4n) is 1.50. The fraction of sp³-hybridized carbons (Fsp3) is 0.727. The Morgan fingerprint density at radius 3 is 2.29 bits per heavy atom. The Balaban J connectivity index is 4.52. The zero-order valence-electron chi connectivity index (χ0n) is 9.38. The molecule has 0 amide bonds. The molecule has 2 N–H and O–H groups in total. The van der Waals surface area contributed by atoms with Crippen LogP contribution in [0.4, 0.5) is 0 Å². The molecule has 0 aliphatic carbocycles. The van der Waals surface area contributed by atoms with Crippen LogP contribution in [0.2, 0.25) is 0 Å². The zero-order valence-corrected chi connectivity index (χ0v) is 9.38. The van der Waals surface area contributed by atoms with E-state index >= 15 is 0 Å². The minimum absolute atomic E-state index is 0.219. The number of ether oxygens (including phenoxy) is 1. The summed E-state index contributed by atoms with van der Waals surface area (Å²) in [4.78, 5) is 11.1. The molecule has 0 heterocycles. The number of carbonyl (C=O) groups is 1. The van der Waals surface area contributed by atoms with Crippen LogP contribution in [-0.4, -0.2) is 17.6 Å². The van der Waals surface area contributed by atoms with Crippen molar-refractivity contribution in [3.8, 4) is 0 Å². The van der Waals surface area contributed by atoms with Gasteiger partial charge in [-0.15, -0.1) is 0 Å².